The minimum atomic E-state index is -0.158. The van der Waals surface area contributed by atoms with Crippen molar-refractivity contribution in [2.24, 2.45) is 5.73 Å². The van der Waals surface area contributed by atoms with Gasteiger partial charge in [0, 0.05) is 5.02 Å². The first-order chi connectivity index (χ1) is 7.70. The topological polar surface area (TPSA) is 26.0 Å². The van der Waals surface area contributed by atoms with Gasteiger partial charge in [-0.2, -0.15) is 0 Å². The van der Waals surface area contributed by atoms with Crippen LogP contribution in [0.15, 0.2) is 48.5 Å². The lowest BCUT2D eigenvalue weighted by atomic mass is 9.96. The molecule has 2 N–H and O–H groups in total. The molecule has 0 aromatic heterocycles. The van der Waals surface area contributed by atoms with Crippen LogP contribution in [0.3, 0.4) is 0 Å². The van der Waals surface area contributed by atoms with Crippen LogP contribution >= 0.6 is 24.0 Å². The Hall–Kier alpha value is -1.02. The van der Waals surface area contributed by atoms with Crippen molar-refractivity contribution in [3.05, 3.63) is 70.2 Å². The number of hydrogen-bond donors (Lipinski definition) is 1. The molecule has 0 heterocycles. The second-order valence-corrected chi connectivity index (χ2v) is 4.27. The van der Waals surface area contributed by atoms with E-state index < -0.39 is 0 Å². The van der Waals surface area contributed by atoms with Gasteiger partial charge in [0.05, 0.1) is 6.04 Å². The first kappa shape index (κ1) is 14.0. The van der Waals surface area contributed by atoms with Crippen LogP contribution in [0, 0.1) is 6.92 Å². The summed E-state index contributed by atoms with van der Waals surface area (Å²) in [5.74, 6) is 0. The predicted octanol–water partition coefficient (Wildman–Crippen LogP) is 4.12. The molecule has 2 rings (SSSR count). The summed E-state index contributed by atoms with van der Waals surface area (Å²) in [5.41, 5.74) is 9.45. The highest BCUT2D eigenvalue weighted by molar-refractivity contribution is 6.31. The van der Waals surface area contributed by atoms with E-state index in [1.54, 1.807) is 0 Å². The summed E-state index contributed by atoms with van der Waals surface area (Å²) in [6, 6.07) is 15.7. The van der Waals surface area contributed by atoms with Crippen molar-refractivity contribution in [3.8, 4) is 0 Å². The van der Waals surface area contributed by atoms with Gasteiger partial charge >= 0.3 is 0 Å². The Morgan fingerprint density at radius 3 is 2.24 bits per heavy atom. The van der Waals surface area contributed by atoms with E-state index >= 15 is 0 Å². The van der Waals surface area contributed by atoms with Gasteiger partial charge in [0.2, 0.25) is 0 Å². The summed E-state index contributed by atoms with van der Waals surface area (Å²) in [4.78, 5) is 0. The normalized spacial score (nSPS) is 11.7. The van der Waals surface area contributed by atoms with E-state index in [-0.39, 0.29) is 18.4 Å². The van der Waals surface area contributed by atoms with Gasteiger partial charge in [-0.15, -0.1) is 12.4 Å². The zero-order valence-electron chi connectivity index (χ0n) is 9.56. The molecule has 0 bridgehead atoms. The summed E-state index contributed by atoms with van der Waals surface area (Å²) in [6.45, 7) is 2.03. The van der Waals surface area contributed by atoms with E-state index in [4.69, 9.17) is 17.3 Å². The smallest absolute Gasteiger partial charge is 0.0569 e. The van der Waals surface area contributed by atoms with Crippen molar-refractivity contribution >= 4 is 24.0 Å². The molecule has 0 saturated carbocycles. The Kier molecular flexibility index (Phi) is 5.01. The molecule has 0 amide bonds. The number of nitrogens with two attached hydrogens (primary N) is 1. The van der Waals surface area contributed by atoms with Crippen LogP contribution in [0.4, 0.5) is 0 Å². The van der Waals surface area contributed by atoms with Crippen molar-refractivity contribution in [2.75, 3.05) is 0 Å². The molecule has 90 valence electrons. The molecule has 1 nitrogen and oxygen atoms in total. The Morgan fingerprint density at radius 2 is 1.65 bits per heavy atom. The molecule has 2 aromatic carbocycles. The molecule has 1 unspecified atom stereocenters. The zero-order valence-corrected chi connectivity index (χ0v) is 11.1. The average molecular weight is 268 g/mol. The molecule has 0 fully saturated rings. The first-order valence-corrected chi connectivity index (χ1v) is 5.63. The Balaban J connectivity index is 0.00000144. The van der Waals surface area contributed by atoms with Gasteiger partial charge < -0.3 is 5.73 Å². The van der Waals surface area contributed by atoms with Gasteiger partial charge in [-0.1, -0.05) is 54.1 Å². The molecule has 1 atom stereocenters. The maximum Gasteiger partial charge on any atom is 0.0569 e. The SMILES string of the molecule is Cc1cccc(Cl)c1C(N)c1ccccc1.Cl. The fraction of sp³-hybridized carbons (Fsp3) is 0.143. The highest BCUT2D eigenvalue weighted by Crippen LogP contribution is 2.28. The van der Waals surface area contributed by atoms with E-state index in [0.29, 0.717) is 0 Å². The largest absolute Gasteiger partial charge is 0.320 e. The molecular weight excluding hydrogens is 253 g/mol. The van der Waals surface area contributed by atoms with Gasteiger partial charge in [-0.3, -0.25) is 0 Å². The molecule has 17 heavy (non-hydrogen) atoms. The fourth-order valence-electron chi connectivity index (χ4n) is 1.87. The monoisotopic (exact) mass is 267 g/mol. The second-order valence-electron chi connectivity index (χ2n) is 3.86. The average Bonchev–Trinajstić information content (AvgIpc) is 2.30. The number of benzene rings is 2. The van der Waals surface area contributed by atoms with Gasteiger partial charge in [0.15, 0.2) is 0 Å². The van der Waals surface area contributed by atoms with Crippen LogP contribution in [0.2, 0.25) is 5.02 Å². The van der Waals surface area contributed by atoms with E-state index in [1.165, 1.54) is 0 Å². The number of halogens is 2. The van der Waals surface area contributed by atoms with E-state index in [1.807, 2.05) is 55.5 Å². The van der Waals surface area contributed by atoms with Crippen molar-refractivity contribution in [1.29, 1.82) is 0 Å². The number of hydrogen-bond acceptors (Lipinski definition) is 1. The van der Waals surface area contributed by atoms with Crippen molar-refractivity contribution in [2.45, 2.75) is 13.0 Å². The minimum absolute atomic E-state index is 0. The molecule has 0 aliphatic carbocycles. The maximum absolute atomic E-state index is 6.23. The quantitative estimate of drug-likeness (QED) is 0.871. The lowest BCUT2D eigenvalue weighted by molar-refractivity contribution is 0.862. The van der Waals surface area contributed by atoms with E-state index in [0.717, 1.165) is 21.7 Å². The van der Waals surface area contributed by atoms with Crippen LogP contribution in [0.5, 0.6) is 0 Å². The standard InChI is InChI=1S/C14H14ClN.ClH/c1-10-6-5-9-12(15)13(10)14(16)11-7-3-2-4-8-11;/h2-9,14H,16H2,1H3;1H. The maximum atomic E-state index is 6.23. The first-order valence-electron chi connectivity index (χ1n) is 5.25. The summed E-state index contributed by atoms with van der Waals surface area (Å²) in [6.07, 6.45) is 0. The minimum Gasteiger partial charge on any atom is -0.320 e. The van der Waals surface area contributed by atoms with E-state index in [2.05, 4.69) is 0 Å². The number of rotatable bonds is 2. The third-order valence-corrected chi connectivity index (χ3v) is 3.07. The van der Waals surface area contributed by atoms with Crippen LogP contribution in [0.1, 0.15) is 22.7 Å². The second kappa shape index (κ2) is 6.06. The fourth-order valence-corrected chi connectivity index (χ4v) is 2.21. The highest BCUT2D eigenvalue weighted by Gasteiger charge is 2.13. The van der Waals surface area contributed by atoms with E-state index in [9.17, 15) is 0 Å². The van der Waals surface area contributed by atoms with Crippen LogP contribution in [0.25, 0.3) is 0 Å². The third kappa shape index (κ3) is 3.01. The molecule has 0 aliphatic rings. The van der Waals surface area contributed by atoms with Crippen molar-refractivity contribution in [3.63, 3.8) is 0 Å². The molecule has 0 saturated heterocycles. The van der Waals surface area contributed by atoms with Crippen molar-refractivity contribution in [1.82, 2.24) is 0 Å². The lowest BCUT2D eigenvalue weighted by Gasteiger charge is -2.16. The van der Waals surface area contributed by atoms with Crippen molar-refractivity contribution < 1.29 is 0 Å². The molecule has 3 heteroatoms. The summed E-state index contributed by atoms with van der Waals surface area (Å²) >= 11 is 6.19. The highest BCUT2D eigenvalue weighted by atomic mass is 35.5. The number of aryl methyl sites for hydroxylation is 1. The van der Waals surface area contributed by atoms with Crippen LogP contribution in [-0.4, -0.2) is 0 Å². The van der Waals surface area contributed by atoms with Gasteiger partial charge in [-0.25, -0.2) is 0 Å². The predicted molar refractivity (Wildman–Crippen MR) is 75.9 cm³/mol. The Bertz CT molecular complexity index is 463. The zero-order chi connectivity index (χ0) is 11.5. The molecule has 0 aliphatic heterocycles. The molecule has 0 radical (unpaired) electrons. The van der Waals surface area contributed by atoms with Crippen LogP contribution < -0.4 is 5.73 Å². The Morgan fingerprint density at radius 1 is 1.00 bits per heavy atom. The van der Waals surface area contributed by atoms with Crippen LogP contribution in [-0.2, 0) is 0 Å². The van der Waals surface area contributed by atoms with Gasteiger partial charge in [-0.05, 0) is 29.7 Å². The molecular formula is C14H15Cl2N. The summed E-state index contributed by atoms with van der Waals surface area (Å²) in [7, 11) is 0. The van der Waals surface area contributed by atoms with Gasteiger partial charge in [0.1, 0.15) is 0 Å². The molecule has 0 spiro atoms. The summed E-state index contributed by atoms with van der Waals surface area (Å²) in [5, 5.41) is 0.733. The molecule has 2 aromatic rings. The Labute approximate surface area is 113 Å². The summed E-state index contributed by atoms with van der Waals surface area (Å²) < 4.78 is 0. The third-order valence-electron chi connectivity index (χ3n) is 2.74. The van der Waals surface area contributed by atoms with Gasteiger partial charge in [0.25, 0.3) is 0 Å². The lowest BCUT2D eigenvalue weighted by Crippen LogP contribution is -2.13.